The van der Waals surface area contributed by atoms with Crippen molar-refractivity contribution in [2.45, 2.75) is 10.5 Å². The predicted molar refractivity (Wildman–Crippen MR) is 118 cm³/mol. The second-order valence-electron chi connectivity index (χ2n) is 7.80. The average molecular weight is 506 g/mol. The Labute approximate surface area is 197 Å². The zero-order valence-electron chi connectivity index (χ0n) is 17.7. The molecule has 0 fully saturated rings. The maximum atomic E-state index is 14.2. The highest BCUT2D eigenvalue weighted by atomic mass is 32.2. The molecule has 0 spiro atoms. The van der Waals surface area contributed by atoms with Gasteiger partial charge < -0.3 is 0 Å². The van der Waals surface area contributed by atoms with E-state index in [0.717, 1.165) is 48.5 Å². The molecule has 180 valence electrons. The van der Waals surface area contributed by atoms with Gasteiger partial charge in [0.25, 0.3) is 0 Å². The molecule has 0 heterocycles. The van der Waals surface area contributed by atoms with Crippen LogP contribution in [0.3, 0.4) is 0 Å². The Hall–Kier alpha value is -3.59. The van der Waals surface area contributed by atoms with Crippen LogP contribution in [0.1, 0.15) is 32.8 Å². The molecule has 2 atom stereocenters. The molecule has 35 heavy (non-hydrogen) atoms. The van der Waals surface area contributed by atoms with E-state index in [9.17, 15) is 34.8 Å². The van der Waals surface area contributed by atoms with E-state index in [0.29, 0.717) is 12.1 Å². The second-order valence-corrected chi connectivity index (χ2v) is 9.92. The van der Waals surface area contributed by atoms with Crippen molar-refractivity contribution >= 4 is 9.84 Å². The first-order valence-corrected chi connectivity index (χ1v) is 11.8. The van der Waals surface area contributed by atoms with Crippen molar-refractivity contribution < 1.29 is 34.8 Å². The normalized spacial score (nSPS) is 13.4. The number of hydrogen-bond donors (Lipinski definition) is 0. The molecule has 0 aliphatic heterocycles. The molecule has 0 radical (unpaired) electrons. The Morgan fingerprint density at radius 3 is 1.06 bits per heavy atom. The van der Waals surface area contributed by atoms with Crippen LogP contribution in [0.2, 0.25) is 0 Å². The summed E-state index contributed by atoms with van der Waals surface area (Å²) >= 11 is 0. The van der Waals surface area contributed by atoms with Crippen LogP contribution in [0.15, 0.2) is 84.9 Å². The van der Waals surface area contributed by atoms with Crippen molar-refractivity contribution in [3.63, 3.8) is 0 Å². The topological polar surface area (TPSA) is 34.1 Å². The minimum absolute atomic E-state index is 0.0205. The molecule has 0 amide bonds. The van der Waals surface area contributed by atoms with E-state index in [2.05, 4.69) is 0 Å². The molecule has 0 aliphatic carbocycles. The van der Waals surface area contributed by atoms with Crippen molar-refractivity contribution in [1.82, 2.24) is 0 Å². The molecular weight excluding hydrogens is 490 g/mol. The number of rotatable bonds is 6. The lowest BCUT2D eigenvalue weighted by atomic mass is 10.0. The Balaban J connectivity index is 1.99. The molecule has 0 aromatic heterocycles. The van der Waals surface area contributed by atoms with Gasteiger partial charge in [0, 0.05) is 0 Å². The van der Waals surface area contributed by atoms with Gasteiger partial charge in [-0.2, -0.15) is 0 Å². The van der Waals surface area contributed by atoms with Crippen LogP contribution in [0, 0.1) is 34.9 Å². The summed E-state index contributed by atoms with van der Waals surface area (Å²) in [4.78, 5) is 0. The van der Waals surface area contributed by atoms with Crippen LogP contribution in [0.5, 0.6) is 0 Å². The highest BCUT2D eigenvalue weighted by Crippen LogP contribution is 2.42. The highest BCUT2D eigenvalue weighted by Gasteiger charge is 2.39. The lowest BCUT2D eigenvalue weighted by Gasteiger charge is -2.26. The minimum atomic E-state index is -4.58. The number of hydrogen-bond acceptors (Lipinski definition) is 2. The van der Waals surface area contributed by atoms with E-state index >= 15 is 0 Å². The molecular formula is C26H16F6O2S. The fourth-order valence-corrected chi connectivity index (χ4v) is 6.30. The van der Waals surface area contributed by atoms with Crippen LogP contribution in [-0.2, 0) is 9.84 Å². The summed E-state index contributed by atoms with van der Waals surface area (Å²) in [6, 6.07) is 13.7. The van der Waals surface area contributed by atoms with Gasteiger partial charge in [-0.1, -0.05) is 36.4 Å². The third kappa shape index (κ3) is 4.95. The van der Waals surface area contributed by atoms with Crippen molar-refractivity contribution in [2.24, 2.45) is 0 Å². The molecule has 0 bridgehead atoms. The Morgan fingerprint density at radius 1 is 0.429 bits per heavy atom. The second kappa shape index (κ2) is 9.58. The van der Waals surface area contributed by atoms with Crippen LogP contribution in [-0.4, -0.2) is 8.42 Å². The third-order valence-electron chi connectivity index (χ3n) is 5.50. The minimum Gasteiger partial charge on any atom is -0.227 e. The van der Waals surface area contributed by atoms with E-state index < -0.39 is 55.2 Å². The smallest absolute Gasteiger partial charge is 0.172 e. The molecule has 0 aliphatic rings. The zero-order valence-corrected chi connectivity index (χ0v) is 18.5. The fraction of sp³-hybridized carbons (Fsp3) is 0.0769. The fourth-order valence-electron chi connectivity index (χ4n) is 3.91. The van der Waals surface area contributed by atoms with Crippen molar-refractivity contribution in [1.29, 1.82) is 0 Å². The molecule has 4 aromatic rings. The monoisotopic (exact) mass is 506 g/mol. The van der Waals surface area contributed by atoms with E-state index in [1.165, 1.54) is 24.3 Å². The van der Waals surface area contributed by atoms with Gasteiger partial charge in [0.1, 0.15) is 22.1 Å². The molecule has 2 unspecified atom stereocenters. The lowest BCUT2D eigenvalue weighted by molar-refractivity contribution is 0.506. The summed E-state index contributed by atoms with van der Waals surface area (Å²) < 4.78 is 111. The first kappa shape index (κ1) is 24.5. The molecule has 0 N–H and O–H groups in total. The van der Waals surface area contributed by atoms with Gasteiger partial charge in [0.2, 0.25) is 0 Å². The van der Waals surface area contributed by atoms with Gasteiger partial charge in [0.15, 0.2) is 33.1 Å². The van der Waals surface area contributed by atoms with Gasteiger partial charge in [-0.05, 0) is 70.8 Å². The Kier molecular flexibility index (Phi) is 6.71. The van der Waals surface area contributed by atoms with Gasteiger partial charge in [0.05, 0.1) is 0 Å². The molecule has 0 saturated carbocycles. The van der Waals surface area contributed by atoms with Gasteiger partial charge in [-0.25, -0.2) is 34.8 Å². The van der Waals surface area contributed by atoms with Gasteiger partial charge >= 0.3 is 0 Å². The largest absolute Gasteiger partial charge is 0.227 e. The maximum absolute atomic E-state index is 14.2. The number of halogens is 6. The molecule has 4 aromatic carbocycles. The van der Waals surface area contributed by atoms with Crippen molar-refractivity contribution in [3.05, 3.63) is 142 Å². The summed E-state index contributed by atoms with van der Waals surface area (Å²) in [5.74, 6) is -6.36. The van der Waals surface area contributed by atoms with E-state index in [-0.39, 0.29) is 22.3 Å². The van der Waals surface area contributed by atoms with E-state index in [1.807, 2.05) is 0 Å². The molecule has 9 heteroatoms. The van der Waals surface area contributed by atoms with Crippen LogP contribution in [0.25, 0.3) is 0 Å². The van der Waals surface area contributed by atoms with Crippen molar-refractivity contribution in [3.8, 4) is 0 Å². The van der Waals surface area contributed by atoms with Gasteiger partial charge in [-0.15, -0.1) is 0 Å². The first-order valence-electron chi connectivity index (χ1n) is 10.2. The van der Waals surface area contributed by atoms with Crippen molar-refractivity contribution in [2.75, 3.05) is 0 Å². The summed E-state index contributed by atoms with van der Waals surface area (Å²) in [5, 5.41) is -3.33. The summed E-state index contributed by atoms with van der Waals surface area (Å²) in [6.07, 6.45) is 0. The summed E-state index contributed by atoms with van der Waals surface area (Å²) in [6.45, 7) is 0. The van der Waals surface area contributed by atoms with E-state index in [1.54, 1.807) is 0 Å². The van der Waals surface area contributed by atoms with Crippen LogP contribution >= 0.6 is 0 Å². The average Bonchev–Trinajstić information content (AvgIpc) is 2.81. The van der Waals surface area contributed by atoms with Gasteiger partial charge in [-0.3, -0.25) is 0 Å². The van der Waals surface area contributed by atoms with Crippen LogP contribution < -0.4 is 0 Å². The SMILES string of the molecule is O=S(=O)(C(c1ccc(F)cc1)c1ccc(F)c(F)c1)C(c1ccc(F)cc1)c1ccc(F)c(F)c1. The Morgan fingerprint density at radius 2 is 0.743 bits per heavy atom. The molecule has 2 nitrogen and oxygen atoms in total. The van der Waals surface area contributed by atoms with E-state index in [4.69, 9.17) is 0 Å². The quantitative estimate of drug-likeness (QED) is 0.269. The first-order chi connectivity index (χ1) is 16.6. The van der Waals surface area contributed by atoms with Crippen LogP contribution in [0.4, 0.5) is 26.3 Å². The summed E-state index contributed by atoms with van der Waals surface area (Å²) in [5.41, 5.74) is -0.311. The number of sulfone groups is 1. The standard InChI is InChI=1S/C26H16F6O2S/c27-19-7-1-15(2-8-19)25(17-5-11-21(29)23(31)13-17)35(33,34)26(16-3-9-20(28)10-4-16)18-6-12-22(30)24(32)14-18/h1-14,25-26H. The Bertz CT molecular complexity index is 1360. The zero-order chi connectivity index (χ0) is 25.3. The molecule has 0 saturated heterocycles. The number of benzene rings is 4. The molecule has 4 rings (SSSR count). The predicted octanol–water partition coefficient (Wildman–Crippen LogP) is 6.82. The lowest BCUT2D eigenvalue weighted by Crippen LogP contribution is -2.23. The third-order valence-corrected chi connectivity index (χ3v) is 7.90. The maximum Gasteiger partial charge on any atom is 0.172 e. The highest BCUT2D eigenvalue weighted by molar-refractivity contribution is 7.92. The summed E-state index contributed by atoms with van der Waals surface area (Å²) in [7, 11) is -4.58.